The lowest BCUT2D eigenvalue weighted by atomic mass is 10.0. The Kier molecular flexibility index (Phi) is 4.83. The van der Waals surface area contributed by atoms with Crippen molar-refractivity contribution in [1.29, 1.82) is 0 Å². The van der Waals surface area contributed by atoms with Crippen LogP contribution in [0.2, 0.25) is 0 Å². The largest absolute Gasteiger partial charge is 0.353 e. The van der Waals surface area contributed by atoms with E-state index in [1.54, 1.807) is 6.20 Å². The summed E-state index contributed by atoms with van der Waals surface area (Å²) < 4.78 is 0. The summed E-state index contributed by atoms with van der Waals surface area (Å²) in [7, 11) is 0. The Morgan fingerprint density at radius 3 is 2.91 bits per heavy atom. The van der Waals surface area contributed by atoms with Crippen LogP contribution in [0.1, 0.15) is 37.3 Å². The Morgan fingerprint density at radius 1 is 1.18 bits per heavy atom. The smallest absolute Gasteiger partial charge is 0.244 e. The molecule has 1 aromatic heterocycles. The van der Waals surface area contributed by atoms with Crippen molar-refractivity contribution in [2.45, 2.75) is 39.2 Å². The number of aromatic nitrogens is 3. The number of anilines is 2. The van der Waals surface area contributed by atoms with E-state index in [9.17, 15) is 0 Å². The number of nitrogens with one attached hydrogen (secondary N) is 1. The Bertz CT molecular complexity index is 614. The number of fused-ring (bicyclic) bond motifs is 1. The van der Waals surface area contributed by atoms with Gasteiger partial charge in [-0.2, -0.15) is 10.1 Å². The zero-order chi connectivity index (χ0) is 15.2. The first-order valence-electron chi connectivity index (χ1n) is 8.12. The third-order valence-corrected chi connectivity index (χ3v) is 4.06. The summed E-state index contributed by atoms with van der Waals surface area (Å²) in [5, 5.41) is 11.4. The molecular formula is C17H23N5. The Labute approximate surface area is 131 Å². The molecule has 116 valence electrons. The first-order chi connectivity index (χ1) is 10.9. The number of nitrogens with zero attached hydrogens (tertiary/aromatic N) is 4. The molecular weight excluding hydrogens is 274 g/mol. The first kappa shape index (κ1) is 14.8. The van der Waals surface area contributed by atoms with Crippen molar-refractivity contribution in [1.82, 2.24) is 15.2 Å². The lowest BCUT2D eigenvalue weighted by Crippen LogP contribution is -2.31. The summed E-state index contributed by atoms with van der Waals surface area (Å²) in [4.78, 5) is 6.88. The van der Waals surface area contributed by atoms with Crippen molar-refractivity contribution < 1.29 is 0 Å². The minimum absolute atomic E-state index is 0.632. The highest BCUT2D eigenvalue weighted by Gasteiger charge is 2.17. The fourth-order valence-corrected chi connectivity index (χ4v) is 2.79. The lowest BCUT2D eigenvalue weighted by Gasteiger charge is -2.29. The summed E-state index contributed by atoms with van der Waals surface area (Å²) in [6.07, 6.45) is 6.39. The van der Waals surface area contributed by atoms with Gasteiger partial charge in [0.05, 0.1) is 6.20 Å². The summed E-state index contributed by atoms with van der Waals surface area (Å²) in [5.74, 6) is 1.54. The topological polar surface area (TPSA) is 53.9 Å². The second-order valence-electron chi connectivity index (χ2n) is 5.71. The van der Waals surface area contributed by atoms with Gasteiger partial charge in [0.2, 0.25) is 5.95 Å². The van der Waals surface area contributed by atoms with Gasteiger partial charge in [-0.25, -0.2) is 0 Å². The van der Waals surface area contributed by atoms with Crippen molar-refractivity contribution in [3.8, 4) is 0 Å². The summed E-state index contributed by atoms with van der Waals surface area (Å²) in [6.45, 7) is 4.98. The molecule has 5 nitrogen and oxygen atoms in total. The second kappa shape index (κ2) is 7.20. The number of unbranched alkanes of at least 4 members (excludes halogenated alkanes) is 2. The van der Waals surface area contributed by atoms with Gasteiger partial charge in [-0.15, -0.1) is 5.10 Å². The molecule has 0 fully saturated rings. The van der Waals surface area contributed by atoms with Gasteiger partial charge in [0, 0.05) is 19.6 Å². The average molecular weight is 297 g/mol. The molecule has 2 heterocycles. The predicted octanol–water partition coefficient (Wildman–Crippen LogP) is 3.04. The average Bonchev–Trinajstić information content (AvgIpc) is 2.59. The summed E-state index contributed by atoms with van der Waals surface area (Å²) in [6, 6.07) is 8.62. The predicted molar refractivity (Wildman–Crippen MR) is 89.0 cm³/mol. The minimum Gasteiger partial charge on any atom is -0.353 e. The maximum absolute atomic E-state index is 4.61. The minimum atomic E-state index is 0.632. The molecule has 0 radical (unpaired) electrons. The first-order valence-corrected chi connectivity index (χ1v) is 8.12. The molecule has 1 N–H and O–H groups in total. The van der Waals surface area contributed by atoms with Gasteiger partial charge in [0.15, 0.2) is 5.82 Å². The standard InChI is InChI=1S/C17H23N5/c1-2-3-6-10-18-17-20-16(12-19-21-17)22-11-9-14-7-4-5-8-15(14)13-22/h4-5,7-8,12H,2-3,6,9-11,13H2,1H3,(H,18,20,21). The number of rotatable bonds is 6. The van der Waals surface area contributed by atoms with E-state index in [2.05, 4.69) is 56.6 Å². The van der Waals surface area contributed by atoms with Gasteiger partial charge in [-0.05, 0) is 24.0 Å². The van der Waals surface area contributed by atoms with Crippen LogP contribution in [-0.4, -0.2) is 28.3 Å². The Balaban J connectivity index is 1.65. The van der Waals surface area contributed by atoms with Gasteiger partial charge in [-0.3, -0.25) is 0 Å². The van der Waals surface area contributed by atoms with E-state index < -0.39 is 0 Å². The van der Waals surface area contributed by atoms with E-state index >= 15 is 0 Å². The third kappa shape index (κ3) is 3.53. The molecule has 0 saturated carbocycles. The van der Waals surface area contributed by atoms with Crippen molar-refractivity contribution in [2.75, 3.05) is 23.3 Å². The highest BCUT2D eigenvalue weighted by Crippen LogP contribution is 2.22. The molecule has 5 heteroatoms. The fourth-order valence-electron chi connectivity index (χ4n) is 2.79. The zero-order valence-corrected chi connectivity index (χ0v) is 13.1. The van der Waals surface area contributed by atoms with Gasteiger partial charge in [0.25, 0.3) is 0 Å². The molecule has 0 saturated heterocycles. The maximum Gasteiger partial charge on any atom is 0.244 e. The molecule has 1 aromatic carbocycles. The molecule has 1 aliphatic rings. The molecule has 0 amide bonds. The summed E-state index contributed by atoms with van der Waals surface area (Å²) in [5.41, 5.74) is 2.82. The highest BCUT2D eigenvalue weighted by atomic mass is 15.3. The van der Waals surface area contributed by atoms with E-state index in [0.717, 1.165) is 38.3 Å². The van der Waals surface area contributed by atoms with E-state index in [1.807, 2.05) is 0 Å². The molecule has 3 rings (SSSR count). The number of hydrogen-bond acceptors (Lipinski definition) is 5. The van der Waals surface area contributed by atoms with Crippen molar-refractivity contribution in [2.24, 2.45) is 0 Å². The van der Waals surface area contributed by atoms with Crippen LogP contribution in [0.5, 0.6) is 0 Å². The maximum atomic E-state index is 4.61. The van der Waals surface area contributed by atoms with Crippen molar-refractivity contribution in [3.63, 3.8) is 0 Å². The van der Waals surface area contributed by atoms with Crippen LogP contribution in [0.4, 0.5) is 11.8 Å². The van der Waals surface area contributed by atoms with Gasteiger partial charge in [0.1, 0.15) is 0 Å². The van der Waals surface area contributed by atoms with E-state index in [-0.39, 0.29) is 0 Å². The van der Waals surface area contributed by atoms with E-state index in [0.29, 0.717) is 5.95 Å². The Morgan fingerprint density at radius 2 is 2.05 bits per heavy atom. The van der Waals surface area contributed by atoms with Crippen LogP contribution >= 0.6 is 0 Å². The van der Waals surface area contributed by atoms with Crippen LogP contribution < -0.4 is 10.2 Å². The van der Waals surface area contributed by atoms with E-state index in [4.69, 9.17) is 0 Å². The number of benzene rings is 1. The molecule has 0 bridgehead atoms. The van der Waals surface area contributed by atoms with Crippen LogP contribution in [0.3, 0.4) is 0 Å². The van der Waals surface area contributed by atoms with Crippen LogP contribution in [0.15, 0.2) is 30.5 Å². The molecule has 1 aliphatic heterocycles. The fraction of sp³-hybridized carbons (Fsp3) is 0.471. The number of hydrogen-bond donors (Lipinski definition) is 1. The molecule has 22 heavy (non-hydrogen) atoms. The Hall–Kier alpha value is -2.17. The molecule has 0 atom stereocenters. The normalized spacial score (nSPS) is 13.8. The van der Waals surface area contributed by atoms with Gasteiger partial charge in [-0.1, -0.05) is 44.0 Å². The highest BCUT2D eigenvalue weighted by molar-refractivity contribution is 5.44. The van der Waals surface area contributed by atoms with Crippen molar-refractivity contribution >= 4 is 11.8 Å². The van der Waals surface area contributed by atoms with Crippen molar-refractivity contribution in [3.05, 3.63) is 41.6 Å². The van der Waals surface area contributed by atoms with Crippen LogP contribution in [0, 0.1) is 0 Å². The molecule has 0 unspecified atom stereocenters. The monoisotopic (exact) mass is 297 g/mol. The van der Waals surface area contributed by atoms with Crippen LogP contribution in [-0.2, 0) is 13.0 Å². The van der Waals surface area contributed by atoms with E-state index in [1.165, 1.54) is 24.0 Å². The van der Waals surface area contributed by atoms with Gasteiger partial charge < -0.3 is 10.2 Å². The third-order valence-electron chi connectivity index (χ3n) is 4.06. The zero-order valence-electron chi connectivity index (χ0n) is 13.1. The molecule has 2 aromatic rings. The second-order valence-corrected chi connectivity index (χ2v) is 5.71. The molecule has 0 spiro atoms. The molecule has 0 aliphatic carbocycles. The van der Waals surface area contributed by atoms with Gasteiger partial charge >= 0.3 is 0 Å². The summed E-state index contributed by atoms with van der Waals surface area (Å²) >= 11 is 0. The quantitative estimate of drug-likeness (QED) is 0.831. The van der Waals surface area contributed by atoms with Crippen LogP contribution in [0.25, 0.3) is 0 Å². The SMILES string of the molecule is CCCCCNc1nncc(N2CCc3ccccc3C2)n1. The lowest BCUT2D eigenvalue weighted by molar-refractivity contribution is 0.710.